The molecule has 106 valence electrons. The molecule has 0 amide bonds. The van der Waals surface area contributed by atoms with Crippen LogP contribution >= 0.6 is 11.6 Å². The van der Waals surface area contributed by atoms with Crippen molar-refractivity contribution in [2.75, 3.05) is 5.88 Å². The number of hydrogen-bond acceptors (Lipinski definition) is 3. The lowest BCUT2D eigenvalue weighted by Gasteiger charge is -2.15. The Kier molecular flexibility index (Phi) is 3.68. The largest absolute Gasteiger partial charge is 0.467 e. The summed E-state index contributed by atoms with van der Waals surface area (Å²) >= 11 is 5.90. The Hall–Kier alpha value is -2.25. The molecule has 2 aromatic heterocycles. The van der Waals surface area contributed by atoms with Crippen LogP contribution < -0.4 is 0 Å². The van der Waals surface area contributed by atoms with E-state index in [4.69, 9.17) is 16.0 Å². The normalized spacial score (nSPS) is 12.4. The molecule has 0 spiro atoms. The Morgan fingerprint density at radius 1 is 1.38 bits per heavy atom. The number of imidazole rings is 1. The van der Waals surface area contributed by atoms with E-state index in [0.29, 0.717) is 17.9 Å². The smallest absolute Gasteiger partial charge is 0.126 e. The maximum absolute atomic E-state index is 9.24. The number of aryl methyl sites for hydroxylation is 1. The SMILES string of the molecule is CC(c1ccco1)n1c(CCCl)nc2c(C#N)cccc21. The van der Waals surface area contributed by atoms with E-state index in [2.05, 4.69) is 22.5 Å². The van der Waals surface area contributed by atoms with Crippen molar-refractivity contribution in [3.05, 3.63) is 53.7 Å². The molecule has 0 fully saturated rings. The summed E-state index contributed by atoms with van der Waals surface area (Å²) in [4.78, 5) is 4.62. The molecule has 0 bridgehead atoms. The second-order valence-corrected chi connectivity index (χ2v) is 5.19. The van der Waals surface area contributed by atoms with Crippen LogP contribution in [0.15, 0.2) is 41.0 Å². The molecular formula is C16H14ClN3O. The average Bonchev–Trinajstić information content (AvgIpc) is 3.14. The van der Waals surface area contributed by atoms with Crippen LogP contribution in [0.25, 0.3) is 11.0 Å². The molecule has 0 saturated heterocycles. The second-order valence-electron chi connectivity index (χ2n) is 4.81. The van der Waals surface area contributed by atoms with Gasteiger partial charge in [0.1, 0.15) is 23.2 Å². The van der Waals surface area contributed by atoms with E-state index < -0.39 is 0 Å². The number of furan rings is 1. The van der Waals surface area contributed by atoms with Gasteiger partial charge >= 0.3 is 0 Å². The summed E-state index contributed by atoms with van der Waals surface area (Å²) in [6.45, 7) is 2.05. The van der Waals surface area contributed by atoms with Gasteiger partial charge in [0, 0.05) is 12.3 Å². The molecule has 1 unspecified atom stereocenters. The number of hydrogen-bond donors (Lipinski definition) is 0. The van der Waals surface area contributed by atoms with E-state index in [9.17, 15) is 5.26 Å². The van der Waals surface area contributed by atoms with Gasteiger partial charge in [0.05, 0.1) is 23.4 Å². The van der Waals surface area contributed by atoms with Crippen LogP contribution in [0, 0.1) is 11.3 Å². The molecule has 5 heteroatoms. The first kappa shape index (κ1) is 13.7. The molecule has 3 aromatic rings. The molecule has 1 aromatic carbocycles. The lowest BCUT2D eigenvalue weighted by molar-refractivity contribution is 0.445. The highest BCUT2D eigenvalue weighted by Gasteiger charge is 2.20. The van der Waals surface area contributed by atoms with Crippen molar-refractivity contribution in [1.29, 1.82) is 5.26 Å². The minimum Gasteiger partial charge on any atom is -0.467 e. The summed E-state index contributed by atoms with van der Waals surface area (Å²) in [5.41, 5.74) is 2.23. The van der Waals surface area contributed by atoms with Crippen LogP contribution in [-0.2, 0) is 6.42 Å². The summed E-state index contributed by atoms with van der Waals surface area (Å²) < 4.78 is 7.61. The number of nitrogens with zero attached hydrogens (tertiary/aromatic N) is 3. The molecule has 4 nitrogen and oxygen atoms in total. The number of alkyl halides is 1. The van der Waals surface area contributed by atoms with Gasteiger partial charge in [-0.05, 0) is 31.2 Å². The van der Waals surface area contributed by atoms with Crippen molar-refractivity contribution in [3.63, 3.8) is 0 Å². The summed E-state index contributed by atoms with van der Waals surface area (Å²) in [7, 11) is 0. The fourth-order valence-electron chi connectivity index (χ4n) is 2.60. The lowest BCUT2D eigenvalue weighted by atomic mass is 10.2. The molecule has 0 aliphatic rings. The number of rotatable bonds is 4. The number of halogens is 1. The predicted octanol–water partition coefficient (Wildman–Crippen LogP) is 3.89. The van der Waals surface area contributed by atoms with Gasteiger partial charge in [-0.15, -0.1) is 11.6 Å². The fraction of sp³-hybridized carbons (Fsp3) is 0.250. The van der Waals surface area contributed by atoms with Gasteiger partial charge in [-0.1, -0.05) is 6.07 Å². The zero-order chi connectivity index (χ0) is 14.8. The van der Waals surface area contributed by atoms with Gasteiger partial charge in [-0.3, -0.25) is 0 Å². The first-order valence-electron chi connectivity index (χ1n) is 6.75. The van der Waals surface area contributed by atoms with Gasteiger partial charge in [0.15, 0.2) is 0 Å². The van der Waals surface area contributed by atoms with Crippen molar-refractivity contribution in [2.24, 2.45) is 0 Å². The number of para-hydroxylation sites is 1. The molecular weight excluding hydrogens is 286 g/mol. The maximum Gasteiger partial charge on any atom is 0.126 e. The van der Waals surface area contributed by atoms with Gasteiger partial charge < -0.3 is 8.98 Å². The predicted molar refractivity (Wildman–Crippen MR) is 81.4 cm³/mol. The Morgan fingerprint density at radius 2 is 2.24 bits per heavy atom. The van der Waals surface area contributed by atoms with Gasteiger partial charge in [0.25, 0.3) is 0 Å². The zero-order valence-electron chi connectivity index (χ0n) is 11.6. The third-order valence-corrected chi connectivity index (χ3v) is 3.76. The average molecular weight is 300 g/mol. The molecule has 0 radical (unpaired) electrons. The zero-order valence-corrected chi connectivity index (χ0v) is 12.3. The molecule has 0 aliphatic carbocycles. The van der Waals surface area contributed by atoms with Crippen LogP contribution in [0.2, 0.25) is 0 Å². The van der Waals surface area contributed by atoms with Gasteiger partial charge in [0.2, 0.25) is 0 Å². The van der Waals surface area contributed by atoms with Crippen molar-refractivity contribution >= 4 is 22.6 Å². The monoisotopic (exact) mass is 299 g/mol. The Bertz CT molecular complexity index is 799. The molecule has 3 rings (SSSR count). The number of fused-ring (bicyclic) bond motifs is 1. The highest BCUT2D eigenvalue weighted by atomic mass is 35.5. The molecule has 0 saturated carbocycles. The molecule has 0 aliphatic heterocycles. The van der Waals surface area contributed by atoms with E-state index in [-0.39, 0.29) is 6.04 Å². The van der Waals surface area contributed by atoms with E-state index in [1.807, 2.05) is 24.3 Å². The van der Waals surface area contributed by atoms with Crippen molar-refractivity contribution in [2.45, 2.75) is 19.4 Å². The van der Waals surface area contributed by atoms with Crippen molar-refractivity contribution in [3.8, 4) is 6.07 Å². The quantitative estimate of drug-likeness (QED) is 0.687. The fourth-order valence-corrected chi connectivity index (χ4v) is 2.77. The highest BCUT2D eigenvalue weighted by molar-refractivity contribution is 6.17. The lowest BCUT2D eigenvalue weighted by Crippen LogP contribution is -2.10. The summed E-state index contributed by atoms with van der Waals surface area (Å²) in [6.07, 6.45) is 2.30. The Labute approximate surface area is 127 Å². The van der Waals surface area contributed by atoms with Crippen molar-refractivity contribution < 1.29 is 4.42 Å². The third-order valence-electron chi connectivity index (χ3n) is 3.57. The third kappa shape index (κ3) is 2.30. The molecule has 21 heavy (non-hydrogen) atoms. The van der Waals surface area contributed by atoms with Crippen LogP contribution in [0.1, 0.15) is 30.1 Å². The molecule has 1 atom stereocenters. The standard InChI is InChI=1S/C16H14ClN3O/c1-11(14-6-3-9-21-14)20-13-5-2-4-12(10-18)16(13)19-15(20)7-8-17/h2-6,9,11H,7-8H2,1H3. The summed E-state index contributed by atoms with van der Waals surface area (Å²) in [5.74, 6) is 2.20. The second kappa shape index (κ2) is 5.63. The van der Waals surface area contributed by atoms with Crippen LogP contribution in [0.3, 0.4) is 0 Å². The number of nitriles is 1. The Balaban J connectivity index is 2.24. The highest BCUT2D eigenvalue weighted by Crippen LogP contribution is 2.28. The van der Waals surface area contributed by atoms with E-state index in [0.717, 1.165) is 22.6 Å². The van der Waals surface area contributed by atoms with Crippen LogP contribution in [0.5, 0.6) is 0 Å². The van der Waals surface area contributed by atoms with E-state index in [1.54, 1.807) is 12.3 Å². The molecule has 0 N–H and O–H groups in total. The van der Waals surface area contributed by atoms with Crippen LogP contribution in [0.4, 0.5) is 0 Å². The van der Waals surface area contributed by atoms with E-state index in [1.165, 1.54) is 0 Å². The van der Waals surface area contributed by atoms with Gasteiger partial charge in [-0.25, -0.2) is 4.98 Å². The number of aromatic nitrogens is 2. The topological polar surface area (TPSA) is 54.8 Å². The van der Waals surface area contributed by atoms with Crippen molar-refractivity contribution in [1.82, 2.24) is 9.55 Å². The first-order valence-corrected chi connectivity index (χ1v) is 7.29. The maximum atomic E-state index is 9.24. The summed E-state index contributed by atoms with van der Waals surface area (Å²) in [5, 5.41) is 9.24. The minimum atomic E-state index is -0.00263. The molecule has 2 heterocycles. The van der Waals surface area contributed by atoms with E-state index >= 15 is 0 Å². The first-order chi connectivity index (χ1) is 10.3. The van der Waals surface area contributed by atoms with Crippen LogP contribution in [-0.4, -0.2) is 15.4 Å². The minimum absolute atomic E-state index is 0.00263. The number of benzene rings is 1. The van der Waals surface area contributed by atoms with Gasteiger partial charge in [-0.2, -0.15) is 5.26 Å². The Morgan fingerprint density at radius 3 is 2.90 bits per heavy atom. The summed E-state index contributed by atoms with van der Waals surface area (Å²) in [6, 6.07) is 11.6.